The first kappa shape index (κ1) is 10.5. The molecule has 0 heterocycles. The quantitative estimate of drug-likeness (QED) is 0.601. The standard InChI is InChI=1S/C10H19NO2/c1-8(10(12)13-3)6-11(2)7-9-4-5-9/h8-9H,4-7H2,1-3H3. The molecular formula is C10H19NO2. The number of nitrogens with zero attached hydrogens (tertiary/aromatic N) is 1. The van der Waals surface area contributed by atoms with Crippen LogP contribution < -0.4 is 0 Å². The molecule has 1 saturated carbocycles. The number of ether oxygens (including phenoxy) is 1. The zero-order chi connectivity index (χ0) is 9.84. The fourth-order valence-corrected chi connectivity index (χ4v) is 1.56. The molecule has 76 valence electrons. The number of carbonyl (C=O) groups is 1. The van der Waals surface area contributed by atoms with E-state index in [-0.39, 0.29) is 11.9 Å². The summed E-state index contributed by atoms with van der Waals surface area (Å²) in [6, 6.07) is 0. The third kappa shape index (κ3) is 3.77. The molecule has 0 aromatic rings. The van der Waals surface area contributed by atoms with Crippen molar-refractivity contribution in [2.24, 2.45) is 11.8 Å². The van der Waals surface area contributed by atoms with Crippen LogP contribution in [0.4, 0.5) is 0 Å². The molecule has 0 N–H and O–H groups in total. The number of carbonyl (C=O) groups excluding carboxylic acids is 1. The molecule has 3 heteroatoms. The Hall–Kier alpha value is -0.570. The Labute approximate surface area is 80.1 Å². The van der Waals surface area contributed by atoms with E-state index in [1.807, 2.05) is 6.92 Å². The monoisotopic (exact) mass is 185 g/mol. The lowest BCUT2D eigenvalue weighted by atomic mass is 10.1. The number of methoxy groups -OCH3 is 1. The van der Waals surface area contributed by atoms with Crippen LogP contribution in [0.15, 0.2) is 0 Å². The van der Waals surface area contributed by atoms with Crippen molar-refractivity contribution >= 4 is 5.97 Å². The van der Waals surface area contributed by atoms with Crippen molar-refractivity contribution in [3.8, 4) is 0 Å². The highest BCUT2D eigenvalue weighted by atomic mass is 16.5. The van der Waals surface area contributed by atoms with E-state index >= 15 is 0 Å². The predicted molar refractivity (Wildman–Crippen MR) is 51.4 cm³/mol. The molecule has 0 aromatic heterocycles. The van der Waals surface area contributed by atoms with Crippen LogP contribution in [0.25, 0.3) is 0 Å². The molecule has 1 aliphatic rings. The summed E-state index contributed by atoms with van der Waals surface area (Å²) < 4.78 is 4.67. The van der Waals surface area contributed by atoms with Gasteiger partial charge in [0.2, 0.25) is 0 Å². The van der Waals surface area contributed by atoms with E-state index in [1.165, 1.54) is 20.0 Å². The van der Waals surface area contributed by atoms with Crippen LogP contribution in [-0.4, -0.2) is 38.1 Å². The van der Waals surface area contributed by atoms with Crippen molar-refractivity contribution in [2.45, 2.75) is 19.8 Å². The van der Waals surface area contributed by atoms with Crippen LogP contribution in [-0.2, 0) is 9.53 Å². The molecule has 1 fully saturated rings. The Kier molecular flexibility index (Phi) is 3.72. The maximum Gasteiger partial charge on any atom is 0.309 e. The number of esters is 1. The van der Waals surface area contributed by atoms with Gasteiger partial charge in [-0.2, -0.15) is 0 Å². The zero-order valence-corrected chi connectivity index (χ0v) is 8.75. The van der Waals surface area contributed by atoms with Gasteiger partial charge in [0.15, 0.2) is 0 Å². The molecule has 0 aromatic carbocycles. The van der Waals surface area contributed by atoms with Gasteiger partial charge in [-0.25, -0.2) is 0 Å². The van der Waals surface area contributed by atoms with Crippen LogP contribution in [0, 0.1) is 11.8 Å². The van der Waals surface area contributed by atoms with Crippen molar-refractivity contribution in [3.05, 3.63) is 0 Å². The summed E-state index contributed by atoms with van der Waals surface area (Å²) in [6.45, 7) is 3.85. The maximum absolute atomic E-state index is 11.1. The number of hydrogen-bond acceptors (Lipinski definition) is 3. The van der Waals surface area contributed by atoms with Crippen molar-refractivity contribution in [2.75, 3.05) is 27.2 Å². The second-order valence-electron chi connectivity index (χ2n) is 4.09. The van der Waals surface area contributed by atoms with E-state index in [0.717, 1.165) is 19.0 Å². The van der Waals surface area contributed by atoms with E-state index in [0.29, 0.717) is 0 Å². The highest BCUT2D eigenvalue weighted by molar-refractivity contribution is 5.71. The van der Waals surface area contributed by atoms with Gasteiger partial charge in [0.1, 0.15) is 0 Å². The molecule has 13 heavy (non-hydrogen) atoms. The van der Waals surface area contributed by atoms with Gasteiger partial charge in [0.25, 0.3) is 0 Å². The fraction of sp³-hybridized carbons (Fsp3) is 0.900. The van der Waals surface area contributed by atoms with E-state index in [2.05, 4.69) is 16.7 Å². The summed E-state index contributed by atoms with van der Waals surface area (Å²) in [5, 5.41) is 0. The summed E-state index contributed by atoms with van der Waals surface area (Å²) in [4.78, 5) is 13.3. The van der Waals surface area contributed by atoms with Crippen molar-refractivity contribution in [3.63, 3.8) is 0 Å². The molecule has 1 atom stereocenters. The molecule has 0 aliphatic heterocycles. The summed E-state index contributed by atoms with van der Waals surface area (Å²) >= 11 is 0. The molecule has 0 amide bonds. The minimum absolute atomic E-state index is 0.00579. The van der Waals surface area contributed by atoms with E-state index < -0.39 is 0 Å². The van der Waals surface area contributed by atoms with Crippen LogP contribution >= 0.6 is 0 Å². The van der Waals surface area contributed by atoms with Gasteiger partial charge in [-0.15, -0.1) is 0 Å². The molecule has 0 radical (unpaired) electrons. The smallest absolute Gasteiger partial charge is 0.309 e. The highest BCUT2D eigenvalue weighted by Crippen LogP contribution is 2.29. The van der Waals surface area contributed by atoms with Gasteiger partial charge in [0.05, 0.1) is 13.0 Å². The van der Waals surface area contributed by atoms with Gasteiger partial charge in [-0.3, -0.25) is 4.79 Å². The lowest BCUT2D eigenvalue weighted by Crippen LogP contribution is -2.30. The van der Waals surface area contributed by atoms with E-state index in [1.54, 1.807) is 0 Å². The molecule has 0 saturated heterocycles. The Bertz CT molecular complexity index is 178. The summed E-state index contributed by atoms with van der Waals surface area (Å²) in [5.74, 6) is 0.770. The zero-order valence-electron chi connectivity index (χ0n) is 8.75. The van der Waals surface area contributed by atoms with Crippen LogP contribution in [0.3, 0.4) is 0 Å². The number of rotatable bonds is 5. The van der Waals surface area contributed by atoms with Gasteiger partial charge >= 0.3 is 5.97 Å². The van der Waals surface area contributed by atoms with E-state index in [4.69, 9.17) is 0 Å². The van der Waals surface area contributed by atoms with Crippen molar-refractivity contribution < 1.29 is 9.53 Å². The molecule has 1 aliphatic carbocycles. The molecule has 1 unspecified atom stereocenters. The van der Waals surface area contributed by atoms with Gasteiger partial charge in [-0.1, -0.05) is 6.92 Å². The average Bonchev–Trinajstić information content (AvgIpc) is 2.86. The highest BCUT2D eigenvalue weighted by Gasteiger charge is 2.24. The van der Waals surface area contributed by atoms with Gasteiger partial charge < -0.3 is 9.64 Å². The lowest BCUT2D eigenvalue weighted by Gasteiger charge is -2.19. The average molecular weight is 185 g/mol. The Morgan fingerprint density at radius 1 is 1.62 bits per heavy atom. The first-order chi connectivity index (χ1) is 6.13. The Morgan fingerprint density at radius 3 is 2.69 bits per heavy atom. The van der Waals surface area contributed by atoms with E-state index in [9.17, 15) is 4.79 Å². The lowest BCUT2D eigenvalue weighted by molar-refractivity contribution is -0.145. The first-order valence-electron chi connectivity index (χ1n) is 4.90. The van der Waals surface area contributed by atoms with Crippen molar-refractivity contribution in [1.82, 2.24) is 4.90 Å². The normalized spacial score (nSPS) is 18.8. The summed E-state index contributed by atoms with van der Waals surface area (Å²) in [5.41, 5.74) is 0. The minimum atomic E-state index is -0.109. The Balaban J connectivity index is 2.17. The summed E-state index contributed by atoms with van der Waals surface area (Å²) in [7, 11) is 3.51. The Morgan fingerprint density at radius 2 is 2.23 bits per heavy atom. The van der Waals surface area contributed by atoms with Crippen LogP contribution in [0.2, 0.25) is 0 Å². The van der Waals surface area contributed by atoms with Crippen LogP contribution in [0.1, 0.15) is 19.8 Å². The molecule has 0 bridgehead atoms. The second-order valence-corrected chi connectivity index (χ2v) is 4.09. The molecule has 0 spiro atoms. The number of hydrogen-bond donors (Lipinski definition) is 0. The van der Waals surface area contributed by atoms with Gasteiger partial charge in [-0.05, 0) is 25.8 Å². The third-order valence-corrected chi connectivity index (χ3v) is 2.46. The predicted octanol–water partition coefficient (Wildman–Crippen LogP) is 1.14. The molecule has 3 nitrogen and oxygen atoms in total. The van der Waals surface area contributed by atoms with Gasteiger partial charge in [0, 0.05) is 13.1 Å². The first-order valence-corrected chi connectivity index (χ1v) is 4.90. The topological polar surface area (TPSA) is 29.5 Å². The third-order valence-electron chi connectivity index (χ3n) is 2.46. The summed E-state index contributed by atoms with van der Waals surface area (Å²) in [6.07, 6.45) is 2.72. The van der Waals surface area contributed by atoms with Crippen molar-refractivity contribution in [1.29, 1.82) is 0 Å². The second kappa shape index (κ2) is 4.61. The SMILES string of the molecule is COC(=O)C(C)CN(C)CC1CC1. The molecular weight excluding hydrogens is 166 g/mol. The molecule has 1 rings (SSSR count). The largest absolute Gasteiger partial charge is 0.469 e. The minimum Gasteiger partial charge on any atom is -0.469 e. The fourth-order valence-electron chi connectivity index (χ4n) is 1.56. The van der Waals surface area contributed by atoms with Crippen LogP contribution in [0.5, 0.6) is 0 Å². The maximum atomic E-state index is 11.1.